The molecule has 0 aliphatic carbocycles. The Bertz CT molecular complexity index is 1200. The average molecular weight is 489 g/mol. The molecule has 36 heavy (non-hydrogen) atoms. The first-order valence-corrected chi connectivity index (χ1v) is 11.6. The number of hydrogen-bond donors (Lipinski definition) is 0. The maximum absolute atomic E-state index is 11.6. The lowest BCUT2D eigenvalue weighted by Crippen LogP contribution is -2.38. The molecule has 0 saturated carbocycles. The number of benzene rings is 3. The van der Waals surface area contributed by atoms with Gasteiger partial charge in [-0.25, -0.2) is 0 Å². The summed E-state index contributed by atoms with van der Waals surface area (Å²) in [7, 11) is 0. The monoisotopic (exact) mass is 488 g/mol. The van der Waals surface area contributed by atoms with Gasteiger partial charge in [0.05, 0.1) is 24.7 Å². The topological polar surface area (TPSA) is 91.1 Å². The lowest BCUT2D eigenvalue weighted by molar-refractivity contribution is -0.384. The molecule has 0 N–H and O–H groups in total. The average Bonchev–Trinajstić information content (AvgIpc) is 2.86. The lowest BCUT2D eigenvalue weighted by atomic mass is 10.1. The van der Waals surface area contributed by atoms with Gasteiger partial charge in [0.15, 0.2) is 5.78 Å². The predicted molar refractivity (Wildman–Crippen MR) is 137 cm³/mol. The van der Waals surface area contributed by atoms with E-state index in [0.717, 1.165) is 28.4 Å². The number of anilines is 3. The minimum atomic E-state index is -0.411. The Morgan fingerprint density at radius 3 is 2.06 bits per heavy atom. The first kappa shape index (κ1) is 25.1. The third kappa shape index (κ3) is 6.35. The second-order valence-electron chi connectivity index (χ2n) is 8.55. The second kappa shape index (κ2) is 11.6. The van der Waals surface area contributed by atoms with Crippen molar-refractivity contribution in [3.05, 3.63) is 101 Å². The highest BCUT2D eigenvalue weighted by Gasteiger charge is 2.20. The molecule has 3 aromatic carbocycles. The number of ketones is 1. The van der Waals surface area contributed by atoms with Crippen molar-refractivity contribution in [2.75, 3.05) is 31.3 Å². The standard InChI is InChI=1S/C28H28N2O6/c1-20(2)28(31)19-34-16-15-21-3-5-22(6-4-21)29(23-7-9-25(10-8-23)30(32)33)24-11-13-26(14-12-24)36-27-17-35-18-27/h3-14,27H,1,15-19H2,2H3. The first-order valence-electron chi connectivity index (χ1n) is 11.6. The molecule has 8 nitrogen and oxygen atoms in total. The number of carbonyl (C=O) groups is 1. The zero-order valence-electron chi connectivity index (χ0n) is 20.1. The summed E-state index contributed by atoms with van der Waals surface area (Å²) in [4.78, 5) is 24.3. The highest BCUT2D eigenvalue weighted by atomic mass is 16.6. The van der Waals surface area contributed by atoms with Crippen molar-refractivity contribution in [3.8, 4) is 5.75 Å². The Morgan fingerprint density at radius 1 is 1.00 bits per heavy atom. The quantitative estimate of drug-likeness (QED) is 0.143. The molecule has 1 aliphatic heterocycles. The van der Waals surface area contributed by atoms with E-state index in [0.29, 0.717) is 31.8 Å². The predicted octanol–water partition coefficient (Wildman–Crippen LogP) is 5.55. The fraction of sp³-hybridized carbons (Fsp3) is 0.250. The molecular formula is C28H28N2O6. The Balaban J connectivity index is 1.51. The summed E-state index contributed by atoms with van der Waals surface area (Å²) in [5, 5.41) is 11.1. The van der Waals surface area contributed by atoms with Crippen LogP contribution in [0.5, 0.6) is 5.75 Å². The van der Waals surface area contributed by atoms with Gasteiger partial charge in [-0.2, -0.15) is 0 Å². The van der Waals surface area contributed by atoms with Crippen molar-refractivity contribution in [1.29, 1.82) is 0 Å². The number of non-ortho nitro benzene ring substituents is 1. The Morgan fingerprint density at radius 2 is 1.56 bits per heavy atom. The van der Waals surface area contributed by atoms with Gasteiger partial charge < -0.3 is 19.1 Å². The number of nitro benzene ring substituents is 1. The van der Waals surface area contributed by atoms with Crippen molar-refractivity contribution >= 4 is 28.5 Å². The van der Waals surface area contributed by atoms with Gasteiger partial charge in [-0.3, -0.25) is 14.9 Å². The summed E-state index contributed by atoms with van der Waals surface area (Å²) in [6, 6.07) is 22.2. The second-order valence-corrected chi connectivity index (χ2v) is 8.55. The molecule has 0 amide bonds. The van der Waals surface area contributed by atoms with Crippen molar-refractivity contribution in [1.82, 2.24) is 0 Å². The molecule has 1 saturated heterocycles. The minimum Gasteiger partial charge on any atom is -0.486 e. The van der Waals surface area contributed by atoms with Gasteiger partial charge in [0.1, 0.15) is 18.5 Å². The number of hydrogen-bond acceptors (Lipinski definition) is 7. The van der Waals surface area contributed by atoms with Gasteiger partial charge in [-0.1, -0.05) is 18.7 Å². The molecule has 1 heterocycles. The van der Waals surface area contributed by atoms with Crippen LogP contribution in [0.4, 0.5) is 22.7 Å². The molecule has 3 aromatic rings. The van der Waals surface area contributed by atoms with Crippen molar-refractivity contribution in [2.24, 2.45) is 0 Å². The molecule has 8 heteroatoms. The van der Waals surface area contributed by atoms with Crippen LogP contribution in [0.2, 0.25) is 0 Å². The first-order chi connectivity index (χ1) is 17.4. The summed E-state index contributed by atoms with van der Waals surface area (Å²) in [5.41, 5.74) is 4.16. The van der Waals surface area contributed by atoms with E-state index in [9.17, 15) is 14.9 Å². The number of Topliss-reactive ketones (excluding diaryl/α,β-unsaturated/α-hetero) is 1. The normalized spacial score (nSPS) is 13.0. The molecule has 186 valence electrons. The molecule has 0 unspecified atom stereocenters. The van der Waals surface area contributed by atoms with Crippen molar-refractivity contribution in [2.45, 2.75) is 19.4 Å². The van der Waals surface area contributed by atoms with Crippen LogP contribution in [0.1, 0.15) is 12.5 Å². The Hall–Kier alpha value is -4.01. The van der Waals surface area contributed by atoms with Gasteiger partial charge >= 0.3 is 0 Å². The van der Waals surface area contributed by atoms with E-state index in [4.69, 9.17) is 14.2 Å². The van der Waals surface area contributed by atoms with Gasteiger partial charge in [0.2, 0.25) is 0 Å². The third-order valence-electron chi connectivity index (χ3n) is 5.76. The molecule has 0 aromatic heterocycles. The van der Waals surface area contributed by atoms with Gasteiger partial charge in [-0.15, -0.1) is 0 Å². The van der Waals surface area contributed by atoms with Crippen LogP contribution in [-0.4, -0.2) is 43.2 Å². The fourth-order valence-electron chi connectivity index (χ4n) is 3.61. The summed E-state index contributed by atoms with van der Waals surface area (Å²) in [6.45, 7) is 6.95. The van der Waals surface area contributed by atoms with Gasteiger partial charge in [-0.05, 0) is 73.0 Å². The van der Waals surface area contributed by atoms with Gasteiger partial charge in [0.25, 0.3) is 5.69 Å². The summed E-state index contributed by atoms with van der Waals surface area (Å²) in [6.07, 6.45) is 0.745. The van der Waals surface area contributed by atoms with Crippen LogP contribution in [0.25, 0.3) is 0 Å². The molecule has 4 rings (SSSR count). The maximum atomic E-state index is 11.6. The van der Waals surface area contributed by atoms with E-state index < -0.39 is 4.92 Å². The van der Waals surface area contributed by atoms with E-state index in [1.807, 2.05) is 53.4 Å². The highest BCUT2D eigenvalue weighted by Crippen LogP contribution is 2.36. The Kier molecular flexibility index (Phi) is 8.10. The zero-order chi connectivity index (χ0) is 25.5. The smallest absolute Gasteiger partial charge is 0.269 e. The summed E-state index contributed by atoms with van der Waals surface area (Å²) < 4.78 is 16.5. The van der Waals surface area contributed by atoms with Crippen LogP contribution in [0.15, 0.2) is 84.9 Å². The Labute approximate surface area is 209 Å². The summed E-state index contributed by atoms with van der Waals surface area (Å²) >= 11 is 0. The van der Waals surface area contributed by atoms with Gasteiger partial charge in [0, 0.05) is 29.2 Å². The molecule has 0 spiro atoms. The van der Waals surface area contributed by atoms with Crippen LogP contribution in [-0.2, 0) is 20.7 Å². The minimum absolute atomic E-state index is 0.0330. The maximum Gasteiger partial charge on any atom is 0.269 e. The molecule has 0 atom stereocenters. The van der Waals surface area contributed by atoms with E-state index in [2.05, 4.69) is 6.58 Å². The molecule has 1 fully saturated rings. The number of ether oxygens (including phenoxy) is 3. The van der Waals surface area contributed by atoms with E-state index in [-0.39, 0.29) is 24.2 Å². The number of nitrogens with zero attached hydrogens (tertiary/aromatic N) is 2. The van der Waals surface area contributed by atoms with Crippen molar-refractivity contribution < 1.29 is 23.9 Å². The van der Waals surface area contributed by atoms with Crippen molar-refractivity contribution in [3.63, 3.8) is 0 Å². The molecule has 0 bridgehead atoms. The highest BCUT2D eigenvalue weighted by molar-refractivity contribution is 5.95. The van der Waals surface area contributed by atoms with Crippen LogP contribution in [0, 0.1) is 10.1 Å². The van der Waals surface area contributed by atoms with E-state index in [1.165, 1.54) is 12.1 Å². The molecular weight excluding hydrogens is 460 g/mol. The SMILES string of the molecule is C=C(C)C(=O)COCCc1ccc(N(c2ccc(OC3COC3)cc2)c2ccc([N+](=O)[O-])cc2)cc1. The van der Waals surface area contributed by atoms with Crippen LogP contribution < -0.4 is 9.64 Å². The number of rotatable bonds is 12. The van der Waals surface area contributed by atoms with E-state index in [1.54, 1.807) is 19.1 Å². The number of nitro groups is 1. The largest absolute Gasteiger partial charge is 0.486 e. The summed E-state index contributed by atoms with van der Waals surface area (Å²) in [5.74, 6) is 0.665. The van der Waals surface area contributed by atoms with E-state index >= 15 is 0 Å². The lowest BCUT2D eigenvalue weighted by Gasteiger charge is -2.28. The number of carbonyl (C=O) groups excluding carboxylic acids is 1. The molecule has 1 aliphatic rings. The molecule has 0 radical (unpaired) electrons. The van der Waals surface area contributed by atoms with Crippen LogP contribution >= 0.6 is 0 Å². The fourth-order valence-corrected chi connectivity index (χ4v) is 3.61. The third-order valence-corrected chi connectivity index (χ3v) is 5.76. The zero-order valence-corrected chi connectivity index (χ0v) is 20.1. The van der Waals surface area contributed by atoms with Crippen LogP contribution in [0.3, 0.4) is 0 Å².